The van der Waals surface area contributed by atoms with E-state index in [1.54, 1.807) is 11.1 Å². The highest BCUT2D eigenvalue weighted by Gasteiger charge is 2.27. The smallest absolute Gasteiger partial charge is 0.342 e. The Morgan fingerprint density at radius 3 is 2.35 bits per heavy atom. The van der Waals surface area contributed by atoms with E-state index in [0.717, 1.165) is 0 Å². The number of allylic oxidation sites excluding steroid dienone is 2. The Balaban J connectivity index is 2.59. The Hall–Kier alpha value is -1.66. The first-order valence-corrected chi connectivity index (χ1v) is 5.23. The molecule has 1 fully saturated rings. The number of ketones is 1. The standard InChI is InChI=1S/C11H15NO5/c13-6-4-12(5-7-14)3-1-2-9-10(15)8-17-11(9)16/h1-3,13-14H,4-8H2/b3-1+,9-2-. The minimum Gasteiger partial charge on any atom is -0.454 e. The molecule has 94 valence electrons. The lowest BCUT2D eigenvalue weighted by Crippen LogP contribution is -2.24. The number of cyclic esters (lactones) is 1. The number of carbonyl (C=O) groups is 2. The van der Waals surface area contributed by atoms with Gasteiger partial charge in [0.2, 0.25) is 5.78 Å². The average molecular weight is 241 g/mol. The molecule has 0 spiro atoms. The van der Waals surface area contributed by atoms with E-state index < -0.39 is 5.97 Å². The van der Waals surface area contributed by atoms with Crippen LogP contribution in [0.2, 0.25) is 0 Å². The molecule has 0 aromatic carbocycles. The quantitative estimate of drug-likeness (QED) is 0.346. The number of nitrogens with zero attached hydrogens (tertiary/aromatic N) is 1. The highest BCUT2D eigenvalue weighted by molar-refractivity contribution is 6.22. The van der Waals surface area contributed by atoms with Gasteiger partial charge in [0, 0.05) is 13.1 Å². The SMILES string of the molecule is O=C1COC(=O)/C1=C\C=C\N(CCO)CCO. The molecule has 0 radical (unpaired) electrons. The van der Waals surface area contributed by atoms with Crippen molar-refractivity contribution in [2.45, 2.75) is 0 Å². The zero-order chi connectivity index (χ0) is 12.7. The predicted molar refractivity (Wildman–Crippen MR) is 58.9 cm³/mol. The number of aliphatic hydroxyl groups excluding tert-OH is 2. The van der Waals surface area contributed by atoms with Crippen molar-refractivity contribution in [3.05, 3.63) is 23.9 Å². The number of rotatable bonds is 6. The monoisotopic (exact) mass is 241 g/mol. The van der Waals surface area contributed by atoms with Crippen molar-refractivity contribution < 1.29 is 24.5 Å². The van der Waals surface area contributed by atoms with Crippen molar-refractivity contribution in [1.29, 1.82) is 0 Å². The van der Waals surface area contributed by atoms with Crippen molar-refractivity contribution in [3.8, 4) is 0 Å². The molecular weight excluding hydrogens is 226 g/mol. The summed E-state index contributed by atoms with van der Waals surface area (Å²) < 4.78 is 4.55. The minimum atomic E-state index is -0.615. The van der Waals surface area contributed by atoms with E-state index >= 15 is 0 Å². The van der Waals surface area contributed by atoms with E-state index in [2.05, 4.69) is 4.74 Å². The maximum Gasteiger partial charge on any atom is 0.342 e. The van der Waals surface area contributed by atoms with Crippen LogP contribution in [0.25, 0.3) is 0 Å². The van der Waals surface area contributed by atoms with Crippen LogP contribution in [0.4, 0.5) is 0 Å². The van der Waals surface area contributed by atoms with Gasteiger partial charge in [-0.15, -0.1) is 0 Å². The lowest BCUT2D eigenvalue weighted by atomic mass is 10.2. The first kappa shape index (κ1) is 13.4. The summed E-state index contributed by atoms with van der Waals surface area (Å²) in [5, 5.41) is 17.5. The molecule has 0 aromatic rings. The molecule has 0 aliphatic carbocycles. The average Bonchev–Trinajstić information content (AvgIpc) is 2.61. The lowest BCUT2D eigenvalue weighted by molar-refractivity contribution is -0.135. The molecule has 0 atom stereocenters. The van der Waals surface area contributed by atoms with Gasteiger partial charge in [-0.2, -0.15) is 0 Å². The van der Waals surface area contributed by atoms with Gasteiger partial charge in [-0.05, 0) is 18.4 Å². The fourth-order valence-corrected chi connectivity index (χ4v) is 1.34. The molecular formula is C11H15NO5. The Bertz CT molecular complexity index is 324. The third kappa shape index (κ3) is 4.01. The van der Waals surface area contributed by atoms with Gasteiger partial charge in [0.05, 0.1) is 13.2 Å². The van der Waals surface area contributed by atoms with Crippen molar-refractivity contribution in [3.63, 3.8) is 0 Å². The van der Waals surface area contributed by atoms with E-state index in [1.165, 1.54) is 12.2 Å². The van der Waals surface area contributed by atoms with Gasteiger partial charge in [0.1, 0.15) is 5.57 Å². The maximum atomic E-state index is 11.2. The summed E-state index contributed by atoms with van der Waals surface area (Å²) in [5.74, 6) is -0.953. The topological polar surface area (TPSA) is 87.1 Å². The maximum absolute atomic E-state index is 11.2. The van der Waals surface area contributed by atoms with Gasteiger partial charge in [-0.3, -0.25) is 4.79 Å². The van der Waals surface area contributed by atoms with Crippen LogP contribution >= 0.6 is 0 Å². The zero-order valence-electron chi connectivity index (χ0n) is 9.33. The molecule has 0 saturated carbocycles. The van der Waals surface area contributed by atoms with Crippen LogP contribution < -0.4 is 0 Å². The van der Waals surface area contributed by atoms with Crippen molar-refractivity contribution in [1.82, 2.24) is 4.90 Å². The summed E-state index contributed by atoms with van der Waals surface area (Å²) in [7, 11) is 0. The van der Waals surface area contributed by atoms with E-state index in [4.69, 9.17) is 10.2 Å². The summed E-state index contributed by atoms with van der Waals surface area (Å²) in [6.45, 7) is 0.469. The second-order valence-electron chi connectivity index (χ2n) is 3.40. The molecule has 1 heterocycles. The summed E-state index contributed by atoms with van der Waals surface area (Å²) in [5.41, 5.74) is 0.0224. The molecule has 6 nitrogen and oxygen atoms in total. The van der Waals surface area contributed by atoms with Gasteiger partial charge in [-0.1, -0.05) is 0 Å². The zero-order valence-corrected chi connectivity index (χ0v) is 9.33. The highest BCUT2D eigenvalue weighted by atomic mass is 16.5. The Morgan fingerprint density at radius 1 is 1.24 bits per heavy atom. The molecule has 1 aliphatic heterocycles. The second-order valence-corrected chi connectivity index (χ2v) is 3.40. The fraction of sp³-hybridized carbons (Fsp3) is 0.455. The molecule has 0 unspecified atom stereocenters. The molecule has 1 saturated heterocycles. The normalized spacial score (nSPS) is 18.1. The van der Waals surface area contributed by atoms with Crippen molar-refractivity contribution in [2.75, 3.05) is 32.9 Å². The number of hydrogen-bond donors (Lipinski definition) is 2. The summed E-state index contributed by atoms with van der Waals surface area (Å²) in [6.07, 6.45) is 4.49. The van der Waals surface area contributed by atoms with Crippen LogP contribution in [0.1, 0.15) is 0 Å². The Labute approximate surface area is 98.8 Å². The molecule has 6 heteroatoms. The molecule has 17 heavy (non-hydrogen) atoms. The van der Waals surface area contributed by atoms with Crippen molar-refractivity contribution in [2.24, 2.45) is 0 Å². The number of Topliss-reactive ketones (excluding diaryl/α,β-unsaturated/α-hetero) is 1. The van der Waals surface area contributed by atoms with E-state index in [0.29, 0.717) is 13.1 Å². The molecule has 2 N–H and O–H groups in total. The Kier molecular flexibility index (Phi) is 5.38. The van der Waals surface area contributed by atoms with Gasteiger partial charge < -0.3 is 19.8 Å². The molecule has 1 aliphatic rings. The molecule has 0 aromatic heterocycles. The van der Waals surface area contributed by atoms with Gasteiger partial charge >= 0.3 is 5.97 Å². The van der Waals surface area contributed by atoms with E-state index in [9.17, 15) is 9.59 Å². The number of ether oxygens (including phenoxy) is 1. The lowest BCUT2D eigenvalue weighted by Gasteiger charge is -2.16. The number of hydrogen-bond acceptors (Lipinski definition) is 6. The highest BCUT2D eigenvalue weighted by Crippen LogP contribution is 2.09. The Morgan fingerprint density at radius 2 is 1.88 bits per heavy atom. The van der Waals surface area contributed by atoms with Crippen LogP contribution in [-0.2, 0) is 14.3 Å². The van der Waals surface area contributed by atoms with E-state index in [-0.39, 0.29) is 31.2 Å². The number of aliphatic hydroxyl groups is 2. The third-order valence-corrected chi connectivity index (χ3v) is 2.19. The molecule has 0 bridgehead atoms. The number of esters is 1. The first-order valence-electron chi connectivity index (χ1n) is 5.23. The summed E-state index contributed by atoms with van der Waals surface area (Å²) in [6, 6.07) is 0. The summed E-state index contributed by atoms with van der Waals surface area (Å²) >= 11 is 0. The van der Waals surface area contributed by atoms with Gasteiger partial charge in [0.15, 0.2) is 6.61 Å². The first-order chi connectivity index (χ1) is 8.19. The van der Waals surface area contributed by atoms with Crippen LogP contribution in [-0.4, -0.2) is 59.8 Å². The van der Waals surface area contributed by atoms with E-state index in [1.807, 2.05) is 0 Å². The largest absolute Gasteiger partial charge is 0.454 e. The molecule has 0 amide bonds. The van der Waals surface area contributed by atoms with Crippen molar-refractivity contribution >= 4 is 11.8 Å². The predicted octanol–water partition coefficient (Wildman–Crippen LogP) is -1.16. The second kappa shape index (κ2) is 6.82. The van der Waals surface area contributed by atoms with Crippen LogP contribution in [0.3, 0.4) is 0 Å². The van der Waals surface area contributed by atoms with Crippen LogP contribution in [0.5, 0.6) is 0 Å². The number of carbonyl (C=O) groups excluding carboxylic acids is 2. The van der Waals surface area contributed by atoms with Gasteiger partial charge in [0.25, 0.3) is 0 Å². The third-order valence-electron chi connectivity index (χ3n) is 2.19. The minimum absolute atomic E-state index is 0.0224. The van der Waals surface area contributed by atoms with Gasteiger partial charge in [-0.25, -0.2) is 4.79 Å². The summed E-state index contributed by atoms with van der Waals surface area (Å²) in [4.78, 5) is 23.9. The fourth-order valence-electron chi connectivity index (χ4n) is 1.34. The van der Waals surface area contributed by atoms with Crippen LogP contribution in [0.15, 0.2) is 23.9 Å². The molecule has 1 rings (SSSR count). The van der Waals surface area contributed by atoms with Crippen LogP contribution in [0, 0.1) is 0 Å².